The number of nitrogens with zero attached hydrogens (tertiary/aromatic N) is 6. The molecule has 1 aromatic carbocycles. The van der Waals surface area contributed by atoms with Crippen molar-refractivity contribution < 1.29 is 4.79 Å². The minimum absolute atomic E-state index is 0.130. The van der Waals surface area contributed by atoms with E-state index in [9.17, 15) is 4.79 Å². The van der Waals surface area contributed by atoms with Gasteiger partial charge < -0.3 is 5.32 Å². The molecule has 0 bridgehead atoms. The van der Waals surface area contributed by atoms with Crippen LogP contribution >= 0.6 is 0 Å². The summed E-state index contributed by atoms with van der Waals surface area (Å²) in [6.45, 7) is 5.19. The Kier molecular flexibility index (Phi) is 4.13. The lowest BCUT2D eigenvalue weighted by molar-refractivity contribution is 0.0950. The monoisotopic (exact) mass is 311 g/mol. The molecule has 2 aromatic heterocycles. The maximum absolute atomic E-state index is 12.2. The van der Waals surface area contributed by atoms with Crippen molar-refractivity contribution in [2.24, 2.45) is 0 Å². The number of nitrogens with one attached hydrogen (secondary N) is 1. The summed E-state index contributed by atoms with van der Waals surface area (Å²) in [5, 5.41) is 18.2. The number of carbonyl (C=O) groups excluding carboxylic acids is 1. The van der Waals surface area contributed by atoms with E-state index in [1.165, 1.54) is 11.0 Å². The molecule has 0 aliphatic heterocycles. The van der Waals surface area contributed by atoms with Crippen LogP contribution in [0.25, 0.3) is 5.69 Å². The molecular weight excluding hydrogens is 294 g/mol. The zero-order valence-corrected chi connectivity index (χ0v) is 13.0. The van der Waals surface area contributed by atoms with Crippen molar-refractivity contribution in [3.05, 3.63) is 53.6 Å². The summed E-state index contributed by atoms with van der Waals surface area (Å²) < 4.78 is 3.42. The Balaban J connectivity index is 1.66. The van der Waals surface area contributed by atoms with Crippen LogP contribution in [0, 0.1) is 6.92 Å². The van der Waals surface area contributed by atoms with Crippen LogP contribution in [0.5, 0.6) is 0 Å². The van der Waals surface area contributed by atoms with E-state index in [2.05, 4.69) is 25.9 Å². The lowest BCUT2D eigenvalue weighted by Gasteiger charge is -2.07. The van der Waals surface area contributed by atoms with E-state index in [-0.39, 0.29) is 5.91 Å². The molecule has 0 fully saturated rings. The average molecular weight is 311 g/mol. The maximum atomic E-state index is 12.2. The first-order valence-electron chi connectivity index (χ1n) is 7.32. The number of carbonyl (C=O) groups is 1. The molecule has 0 saturated carbocycles. The first kappa shape index (κ1) is 14.9. The van der Waals surface area contributed by atoms with Gasteiger partial charge in [-0.1, -0.05) is 0 Å². The van der Waals surface area contributed by atoms with Crippen LogP contribution in [-0.2, 0) is 13.1 Å². The van der Waals surface area contributed by atoms with Crippen LogP contribution in [0.4, 0.5) is 0 Å². The van der Waals surface area contributed by atoms with Gasteiger partial charge in [0.15, 0.2) is 0 Å². The van der Waals surface area contributed by atoms with Gasteiger partial charge in [-0.25, -0.2) is 4.68 Å². The predicted molar refractivity (Wildman–Crippen MR) is 83.0 cm³/mol. The van der Waals surface area contributed by atoms with Gasteiger partial charge in [-0.2, -0.15) is 5.10 Å². The molecule has 2 heterocycles. The van der Waals surface area contributed by atoms with Gasteiger partial charge in [0.25, 0.3) is 5.91 Å². The van der Waals surface area contributed by atoms with Crippen molar-refractivity contribution in [1.29, 1.82) is 0 Å². The van der Waals surface area contributed by atoms with Crippen LogP contribution in [-0.4, -0.2) is 35.9 Å². The number of tetrazole rings is 1. The van der Waals surface area contributed by atoms with Gasteiger partial charge in [-0.3, -0.25) is 9.48 Å². The molecule has 0 aliphatic carbocycles. The van der Waals surface area contributed by atoms with E-state index < -0.39 is 0 Å². The second-order valence-corrected chi connectivity index (χ2v) is 5.08. The number of benzene rings is 1. The third-order valence-corrected chi connectivity index (χ3v) is 3.46. The SMILES string of the molecule is CCn1nc(C)cc1CNC(=O)c1ccc(-n2cnnn2)cc1. The van der Waals surface area contributed by atoms with Crippen molar-refractivity contribution in [3.63, 3.8) is 0 Å². The summed E-state index contributed by atoms with van der Waals surface area (Å²) in [5.41, 5.74) is 3.32. The van der Waals surface area contributed by atoms with Crippen molar-refractivity contribution in [1.82, 2.24) is 35.3 Å². The molecule has 118 valence electrons. The number of hydrogen-bond acceptors (Lipinski definition) is 5. The van der Waals surface area contributed by atoms with E-state index in [1.54, 1.807) is 24.3 Å². The Morgan fingerprint density at radius 2 is 2.04 bits per heavy atom. The quantitative estimate of drug-likeness (QED) is 0.762. The fourth-order valence-corrected chi connectivity index (χ4v) is 2.33. The van der Waals surface area contributed by atoms with E-state index in [0.717, 1.165) is 23.6 Å². The molecule has 23 heavy (non-hydrogen) atoms. The first-order chi connectivity index (χ1) is 11.2. The highest BCUT2D eigenvalue weighted by atomic mass is 16.1. The minimum atomic E-state index is -0.130. The summed E-state index contributed by atoms with van der Waals surface area (Å²) in [7, 11) is 0. The Labute approximate surface area is 133 Å². The van der Waals surface area contributed by atoms with Gasteiger partial charge in [0.05, 0.1) is 23.6 Å². The van der Waals surface area contributed by atoms with E-state index in [0.29, 0.717) is 12.1 Å². The van der Waals surface area contributed by atoms with Crippen molar-refractivity contribution in [3.8, 4) is 5.69 Å². The van der Waals surface area contributed by atoms with Crippen LogP contribution in [0.2, 0.25) is 0 Å². The van der Waals surface area contributed by atoms with Gasteiger partial charge in [0.2, 0.25) is 0 Å². The zero-order chi connectivity index (χ0) is 16.2. The number of amides is 1. The molecular formula is C15H17N7O. The maximum Gasteiger partial charge on any atom is 0.251 e. The summed E-state index contributed by atoms with van der Waals surface area (Å²) in [6, 6.07) is 9.06. The Hall–Kier alpha value is -3.03. The van der Waals surface area contributed by atoms with Crippen LogP contribution in [0.1, 0.15) is 28.7 Å². The molecule has 1 amide bonds. The molecule has 0 unspecified atom stereocenters. The topological polar surface area (TPSA) is 90.5 Å². The summed E-state index contributed by atoms with van der Waals surface area (Å²) in [6.07, 6.45) is 1.50. The smallest absolute Gasteiger partial charge is 0.251 e. The molecule has 0 saturated heterocycles. The van der Waals surface area contributed by atoms with E-state index in [1.807, 2.05) is 24.6 Å². The van der Waals surface area contributed by atoms with Crippen LogP contribution in [0.3, 0.4) is 0 Å². The van der Waals surface area contributed by atoms with Gasteiger partial charge in [0, 0.05) is 12.1 Å². The fourth-order valence-electron chi connectivity index (χ4n) is 2.33. The molecule has 0 spiro atoms. The molecule has 1 N–H and O–H groups in total. The molecule has 8 heteroatoms. The highest BCUT2D eigenvalue weighted by Gasteiger charge is 2.09. The highest BCUT2D eigenvalue weighted by Crippen LogP contribution is 2.08. The fraction of sp³-hybridized carbons (Fsp3) is 0.267. The predicted octanol–water partition coefficient (Wildman–Crippen LogP) is 1.12. The normalized spacial score (nSPS) is 10.7. The molecule has 8 nitrogen and oxygen atoms in total. The Bertz CT molecular complexity index is 790. The highest BCUT2D eigenvalue weighted by molar-refractivity contribution is 5.94. The molecule has 0 radical (unpaired) electrons. The number of rotatable bonds is 5. The average Bonchev–Trinajstić information content (AvgIpc) is 3.22. The molecule has 0 aliphatic rings. The lowest BCUT2D eigenvalue weighted by Crippen LogP contribution is -2.24. The van der Waals surface area contributed by atoms with E-state index >= 15 is 0 Å². The largest absolute Gasteiger partial charge is 0.346 e. The number of hydrogen-bond donors (Lipinski definition) is 1. The van der Waals surface area contributed by atoms with Crippen LogP contribution < -0.4 is 5.32 Å². The second-order valence-electron chi connectivity index (χ2n) is 5.08. The summed E-state index contributed by atoms with van der Waals surface area (Å²) >= 11 is 0. The summed E-state index contributed by atoms with van der Waals surface area (Å²) in [4.78, 5) is 12.2. The standard InChI is InChI=1S/C15H17N7O/c1-3-21-14(8-11(2)18-21)9-16-15(23)12-4-6-13(7-5-12)22-10-17-19-20-22/h4-8,10H,3,9H2,1-2H3,(H,16,23). The first-order valence-corrected chi connectivity index (χ1v) is 7.32. The van der Waals surface area contributed by atoms with Gasteiger partial charge >= 0.3 is 0 Å². The molecule has 0 atom stereocenters. The summed E-state index contributed by atoms with van der Waals surface area (Å²) in [5.74, 6) is -0.130. The van der Waals surface area contributed by atoms with Crippen molar-refractivity contribution >= 4 is 5.91 Å². The van der Waals surface area contributed by atoms with E-state index in [4.69, 9.17) is 0 Å². The number of aryl methyl sites for hydroxylation is 2. The Morgan fingerprint density at radius 3 is 2.70 bits per heavy atom. The molecule has 3 rings (SSSR count). The van der Waals surface area contributed by atoms with Crippen LogP contribution in [0.15, 0.2) is 36.7 Å². The third kappa shape index (κ3) is 3.25. The lowest BCUT2D eigenvalue weighted by atomic mass is 10.2. The zero-order valence-electron chi connectivity index (χ0n) is 13.0. The van der Waals surface area contributed by atoms with Crippen molar-refractivity contribution in [2.45, 2.75) is 26.9 Å². The molecule has 3 aromatic rings. The van der Waals surface area contributed by atoms with Gasteiger partial charge in [-0.05, 0) is 54.6 Å². The Morgan fingerprint density at radius 1 is 1.26 bits per heavy atom. The third-order valence-electron chi connectivity index (χ3n) is 3.46. The minimum Gasteiger partial charge on any atom is -0.346 e. The van der Waals surface area contributed by atoms with Gasteiger partial charge in [-0.15, -0.1) is 5.10 Å². The van der Waals surface area contributed by atoms with Crippen molar-refractivity contribution in [2.75, 3.05) is 0 Å². The number of aromatic nitrogens is 6. The van der Waals surface area contributed by atoms with Gasteiger partial charge in [0.1, 0.15) is 6.33 Å². The second kappa shape index (κ2) is 6.39.